The molecule has 10 heteroatoms. The van der Waals surface area contributed by atoms with Crippen LogP contribution in [-0.2, 0) is 27.7 Å². The van der Waals surface area contributed by atoms with Gasteiger partial charge in [-0.1, -0.05) is 35.5 Å². The molecule has 192 valence electrons. The Balaban J connectivity index is 1.47. The third-order valence-electron chi connectivity index (χ3n) is 6.31. The minimum Gasteiger partial charge on any atom is -0.465 e. The van der Waals surface area contributed by atoms with E-state index in [4.69, 9.17) is 11.2 Å². The molecule has 0 saturated carbocycles. The normalized spacial score (nSPS) is 13.7. The molecule has 0 atom stereocenters. The zero-order valence-corrected chi connectivity index (χ0v) is 22.1. The van der Waals surface area contributed by atoms with E-state index in [2.05, 4.69) is 10.9 Å². The smallest absolute Gasteiger partial charge is 0.337 e. The fraction of sp³-hybridized carbons (Fsp3) is 0.179. The van der Waals surface area contributed by atoms with Crippen molar-refractivity contribution in [1.82, 2.24) is 4.57 Å². The van der Waals surface area contributed by atoms with Gasteiger partial charge in [0.1, 0.15) is 0 Å². The molecule has 0 spiro atoms. The van der Waals surface area contributed by atoms with Crippen molar-refractivity contribution in [2.75, 3.05) is 18.0 Å². The van der Waals surface area contributed by atoms with E-state index in [9.17, 15) is 18.0 Å². The fourth-order valence-electron chi connectivity index (χ4n) is 4.44. The van der Waals surface area contributed by atoms with Crippen molar-refractivity contribution in [3.8, 4) is 12.3 Å². The van der Waals surface area contributed by atoms with Crippen LogP contribution in [0.5, 0.6) is 0 Å². The molecular weight excluding hydrogens is 522 g/mol. The van der Waals surface area contributed by atoms with E-state index in [-0.39, 0.29) is 17.0 Å². The summed E-state index contributed by atoms with van der Waals surface area (Å²) in [5, 5.41) is 0. The highest BCUT2D eigenvalue weighted by atomic mass is 32.2. The van der Waals surface area contributed by atoms with Crippen molar-refractivity contribution in [1.29, 1.82) is 0 Å². The van der Waals surface area contributed by atoms with Crippen LogP contribution in [0.25, 0.3) is 10.2 Å². The molecule has 1 amide bonds. The van der Waals surface area contributed by atoms with Crippen molar-refractivity contribution in [2.45, 2.75) is 24.3 Å². The second-order valence-corrected chi connectivity index (χ2v) is 11.5. The number of aryl methyl sites for hydroxylation is 1. The maximum absolute atomic E-state index is 13.4. The predicted molar refractivity (Wildman–Crippen MR) is 146 cm³/mol. The standard InChI is InChI=1S/C28H23N3O5S2/c1-3-16-30-24-15-12-21(27(33)36-2)18-25(24)37-28(30)29-26(32)20-10-13-22(14-11-20)38(34,35)31-17-6-8-19-7-4-5-9-23(19)31/h1,4-5,7,9-15,18H,6,8,16-17H2,2H3. The lowest BCUT2D eigenvalue weighted by molar-refractivity contribution is 0.0600. The van der Waals surface area contributed by atoms with Gasteiger partial charge in [-0.05, 0) is 66.9 Å². The van der Waals surface area contributed by atoms with Crippen LogP contribution in [0.1, 0.15) is 32.7 Å². The lowest BCUT2D eigenvalue weighted by Crippen LogP contribution is -2.35. The Morgan fingerprint density at radius 1 is 1.08 bits per heavy atom. The molecule has 2 heterocycles. The van der Waals surface area contributed by atoms with Gasteiger partial charge in [-0.15, -0.1) is 6.42 Å². The first-order valence-corrected chi connectivity index (χ1v) is 14.0. The van der Waals surface area contributed by atoms with Crippen molar-refractivity contribution in [3.63, 3.8) is 0 Å². The van der Waals surface area contributed by atoms with E-state index in [0.29, 0.717) is 22.6 Å². The summed E-state index contributed by atoms with van der Waals surface area (Å²) in [6.45, 7) is 0.576. The number of carbonyl (C=O) groups excluding carboxylic acids is 2. The quantitative estimate of drug-likeness (QED) is 0.279. The molecule has 1 aliphatic rings. The first-order chi connectivity index (χ1) is 18.3. The van der Waals surface area contributed by atoms with Gasteiger partial charge in [0, 0.05) is 12.1 Å². The van der Waals surface area contributed by atoms with Crippen LogP contribution in [0, 0.1) is 12.3 Å². The molecule has 3 aromatic carbocycles. The molecule has 0 saturated heterocycles. The van der Waals surface area contributed by atoms with Crippen LogP contribution in [0.3, 0.4) is 0 Å². The number of anilines is 1. The Morgan fingerprint density at radius 3 is 2.55 bits per heavy atom. The van der Waals surface area contributed by atoms with E-state index in [1.165, 1.54) is 47.0 Å². The number of fused-ring (bicyclic) bond motifs is 2. The summed E-state index contributed by atoms with van der Waals surface area (Å²) in [6.07, 6.45) is 7.11. The minimum atomic E-state index is -3.79. The molecule has 38 heavy (non-hydrogen) atoms. The van der Waals surface area contributed by atoms with E-state index in [1.807, 2.05) is 24.3 Å². The number of ether oxygens (including phenoxy) is 1. The second-order valence-electron chi connectivity index (χ2n) is 8.60. The number of esters is 1. The van der Waals surface area contributed by atoms with Crippen LogP contribution >= 0.6 is 11.3 Å². The molecular formula is C28H23N3O5S2. The summed E-state index contributed by atoms with van der Waals surface area (Å²) < 4.78 is 35.4. The number of nitrogens with zero attached hydrogens (tertiary/aromatic N) is 3. The molecule has 8 nitrogen and oxygen atoms in total. The first-order valence-electron chi connectivity index (χ1n) is 11.8. The van der Waals surface area contributed by atoms with E-state index in [1.54, 1.807) is 22.8 Å². The van der Waals surface area contributed by atoms with Gasteiger partial charge >= 0.3 is 5.97 Å². The molecule has 0 bridgehead atoms. The third kappa shape index (κ3) is 4.62. The van der Waals surface area contributed by atoms with E-state index >= 15 is 0 Å². The number of amides is 1. The minimum absolute atomic E-state index is 0.102. The number of hydrogen-bond donors (Lipinski definition) is 0. The maximum Gasteiger partial charge on any atom is 0.337 e. The summed E-state index contributed by atoms with van der Waals surface area (Å²) in [5.74, 6) is 1.55. The number of thiazole rings is 1. The Bertz CT molecular complexity index is 1780. The van der Waals surface area contributed by atoms with Gasteiger partial charge < -0.3 is 9.30 Å². The molecule has 0 fully saturated rings. The maximum atomic E-state index is 13.4. The van der Waals surface area contributed by atoms with Crippen LogP contribution in [-0.4, -0.2) is 38.5 Å². The van der Waals surface area contributed by atoms with Crippen molar-refractivity contribution in [3.05, 3.63) is 88.2 Å². The monoisotopic (exact) mass is 545 g/mol. The topological polar surface area (TPSA) is 98.0 Å². The number of carbonyl (C=O) groups is 2. The zero-order valence-electron chi connectivity index (χ0n) is 20.5. The Morgan fingerprint density at radius 2 is 1.82 bits per heavy atom. The van der Waals surface area contributed by atoms with Gasteiger partial charge in [-0.25, -0.2) is 13.2 Å². The van der Waals surface area contributed by atoms with Crippen molar-refractivity contribution >= 4 is 49.1 Å². The zero-order chi connectivity index (χ0) is 26.9. The van der Waals surface area contributed by atoms with Crippen molar-refractivity contribution in [2.24, 2.45) is 4.99 Å². The van der Waals surface area contributed by atoms with Gasteiger partial charge in [0.2, 0.25) is 0 Å². The molecule has 5 rings (SSSR count). The number of sulfonamides is 1. The summed E-state index contributed by atoms with van der Waals surface area (Å²) in [5.41, 5.74) is 3.03. The number of para-hydroxylation sites is 1. The highest BCUT2D eigenvalue weighted by Crippen LogP contribution is 2.31. The van der Waals surface area contributed by atoms with Crippen LogP contribution < -0.4 is 9.11 Å². The van der Waals surface area contributed by atoms with Gasteiger partial charge in [0.25, 0.3) is 15.9 Å². The molecule has 0 unspecified atom stereocenters. The summed E-state index contributed by atoms with van der Waals surface area (Å²) in [4.78, 5) is 29.7. The summed E-state index contributed by atoms with van der Waals surface area (Å²) in [7, 11) is -2.49. The van der Waals surface area contributed by atoms with Gasteiger partial charge in [-0.3, -0.25) is 9.10 Å². The van der Waals surface area contributed by atoms with E-state index in [0.717, 1.165) is 28.6 Å². The predicted octanol–water partition coefficient (Wildman–Crippen LogP) is 4.01. The SMILES string of the molecule is C#CCn1c(=NC(=O)c2ccc(S(=O)(=O)N3CCCc4ccccc43)cc2)sc2cc(C(=O)OC)ccc21. The largest absolute Gasteiger partial charge is 0.465 e. The van der Waals surface area contributed by atoms with Gasteiger partial charge in [-0.2, -0.15) is 4.99 Å². The second kappa shape index (κ2) is 10.3. The third-order valence-corrected chi connectivity index (χ3v) is 9.18. The number of aromatic nitrogens is 1. The molecule has 1 aliphatic heterocycles. The average molecular weight is 546 g/mol. The van der Waals surface area contributed by atoms with Gasteiger partial charge in [0.15, 0.2) is 4.80 Å². The van der Waals surface area contributed by atoms with Crippen LogP contribution in [0.4, 0.5) is 5.69 Å². The summed E-state index contributed by atoms with van der Waals surface area (Å²) in [6, 6.07) is 18.3. The molecule has 1 aromatic heterocycles. The number of benzene rings is 3. The van der Waals surface area contributed by atoms with E-state index < -0.39 is 21.9 Å². The Hall–Kier alpha value is -4.20. The Labute approximate surface area is 223 Å². The fourth-order valence-corrected chi connectivity index (χ4v) is 7.05. The number of hydrogen-bond acceptors (Lipinski definition) is 6. The Kier molecular flexibility index (Phi) is 6.89. The highest BCUT2D eigenvalue weighted by molar-refractivity contribution is 7.92. The molecule has 4 aromatic rings. The van der Waals surface area contributed by atoms with Crippen LogP contribution in [0.2, 0.25) is 0 Å². The molecule has 0 N–H and O–H groups in total. The number of methoxy groups -OCH3 is 1. The lowest BCUT2D eigenvalue weighted by Gasteiger charge is -2.30. The summed E-state index contributed by atoms with van der Waals surface area (Å²) >= 11 is 1.22. The highest BCUT2D eigenvalue weighted by Gasteiger charge is 2.29. The van der Waals surface area contributed by atoms with Crippen LogP contribution in [0.15, 0.2) is 76.6 Å². The van der Waals surface area contributed by atoms with Crippen molar-refractivity contribution < 1.29 is 22.7 Å². The molecule has 0 aliphatic carbocycles. The number of rotatable bonds is 5. The molecule has 0 radical (unpaired) electrons. The first kappa shape index (κ1) is 25.4. The lowest BCUT2D eigenvalue weighted by atomic mass is 10.0. The number of terminal acetylenes is 1. The average Bonchev–Trinajstić information content (AvgIpc) is 3.28. The van der Waals surface area contributed by atoms with Gasteiger partial charge in [0.05, 0.1) is 40.0 Å².